The largest absolute Gasteiger partial charge is 0.508 e. The number of aromatic hydroxyl groups is 1. The lowest BCUT2D eigenvalue weighted by Gasteiger charge is -2.23. The number of phenolic OH excluding ortho intramolecular Hbond substituents is 1. The molecule has 0 unspecified atom stereocenters. The minimum absolute atomic E-state index is 0.0560. The normalized spacial score (nSPS) is 11.5. The lowest BCUT2D eigenvalue weighted by Crippen LogP contribution is -2.30. The Morgan fingerprint density at radius 1 is 1.32 bits per heavy atom. The maximum absolute atomic E-state index is 12.5. The Kier molecular flexibility index (Phi) is 3.82. The minimum Gasteiger partial charge on any atom is -0.508 e. The monoisotopic (exact) mass is 297 g/mol. The van der Waals surface area contributed by atoms with Crippen molar-refractivity contribution in [2.45, 2.75) is 18.1 Å². The van der Waals surface area contributed by atoms with Gasteiger partial charge in [-0.3, -0.25) is 4.31 Å². The van der Waals surface area contributed by atoms with Crippen molar-refractivity contribution in [3.63, 3.8) is 0 Å². The summed E-state index contributed by atoms with van der Waals surface area (Å²) in [5.74, 6) is 0.0560. The first-order chi connectivity index (χ1) is 8.96. The summed E-state index contributed by atoms with van der Waals surface area (Å²) < 4.78 is 26.7. The predicted octanol–water partition coefficient (Wildman–Crippen LogP) is 2.98. The Morgan fingerprint density at radius 3 is 2.63 bits per heavy atom. The third-order valence-electron chi connectivity index (χ3n) is 2.79. The third kappa shape index (κ3) is 2.59. The van der Waals surface area contributed by atoms with Crippen LogP contribution < -0.4 is 4.31 Å². The molecule has 0 aliphatic carbocycles. The van der Waals surface area contributed by atoms with Crippen molar-refractivity contribution in [3.05, 3.63) is 41.3 Å². The van der Waals surface area contributed by atoms with Gasteiger partial charge in [-0.1, -0.05) is 12.1 Å². The van der Waals surface area contributed by atoms with Gasteiger partial charge in [-0.2, -0.15) is 0 Å². The van der Waals surface area contributed by atoms with E-state index in [4.69, 9.17) is 0 Å². The van der Waals surface area contributed by atoms with Crippen LogP contribution in [0.5, 0.6) is 5.75 Å². The van der Waals surface area contributed by atoms with Crippen LogP contribution in [0, 0.1) is 6.92 Å². The average molecular weight is 297 g/mol. The molecule has 19 heavy (non-hydrogen) atoms. The number of thiophene rings is 1. The number of hydrogen-bond donors (Lipinski definition) is 1. The summed E-state index contributed by atoms with van der Waals surface area (Å²) in [6.45, 7) is 3.90. The highest BCUT2D eigenvalue weighted by atomic mass is 32.2. The Balaban J connectivity index is 2.54. The van der Waals surface area contributed by atoms with Crippen LogP contribution in [0.3, 0.4) is 0 Å². The Labute approximate surface area is 117 Å². The van der Waals surface area contributed by atoms with E-state index in [2.05, 4.69) is 0 Å². The average Bonchev–Trinajstić information content (AvgIpc) is 2.88. The molecule has 2 rings (SSSR count). The van der Waals surface area contributed by atoms with Crippen LogP contribution in [0.15, 0.2) is 39.9 Å². The van der Waals surface area contributed by atoms with E-state index in [1.165, 1.54) is 21.7 Å². The highest BCUT2D eigenvalue weighted by Crippen LogP contribution is 2.31. The fourth-order valence-electron chi connectivity index (χ4n) is 1.86. The third-order valence-corrected chi connectivity index (χ3v) is 6.05. The Bertz CT molecular complexity index is 663. The summed E-state index contributed by atoms with van der Waals surface area (Å²) >= 11 is 1.19. The first kappa shape index (κ1) is 13.9. The summed E-state index contributed by atoms with van der Waals surface area (Å²) in [5.41, 5.74) is 1.32. The second-order valence-electron chi connectivity index (χ2n) is 4.07. The van der Waals surface area contributed by atoms with E-state index in [1.807, 2.05) is 6.92 Å². The second-order valence-corrected chi connectivity index (χ2v) is 7.11. The number of anilines is 1. The van der Waals surface area contributed by atoms with Crippen molar-refractivity contribution in [3.8, 4) is 5.75 Å². The summed E-state index contributed by atoms with van der Waals surface area (Å²) in [5, 5.41) is 11.3. The van der Waals surface area contributed by atoms with Gasteiger partial charge in [-0.25, -0.2) is 8.42 Å². The molecule has 0 atom stereocenters. The SMILES string of the molecule is CCN(c1cc(O)ccc1C)S(=O)(=O)c1cccs1. The number of hydrogen-bond acceptors (Lipinski definition) is 4. The van der Waals surface area contributed by atoms with E-state index in [-0.39, 0.29) is 5.75 Å². The first-order valence-corrected chi connectivity index (χ1v) is 8.14. The van der Waals surface area contributed by atoms with Crippen LogP contribution in [-0.2, 0) is 10.0 Å². The smallest absolute Gasteiger partial charge is 0.273 e. The number of nitrogens with zero attached hydrogens (tertiary/aromatic N) is 1. The first-order valence-electron chi connectivity index (χ1n) is 5.82. The van der Waals surface area contributed by atoms with Crippen molar-refractivity contribution in [1.82, 2.24) is 0 Å². The van der Waals surface area contributed by atoms with Gasteiger partial charge in [0, 0.05) is 12.6 Å². The predicted molar refractivity (Wildman–Crippen MR) is 77.4 cm³/mol. The molecule has 6 heteroatoms. The molecule has 0 fully saturated rings. The molecule has 1 N–H and O–H groups in total. The number of benzene rings is 1. The van der Waals surface area contributed by atoms with E-state index < -0.39 is 10.0 Å². The van der Waals surface area contributed by atoms with E-state index in [1.54, 1.807) is 36.6 Å². The quantitative estimate of drug-likeness (QED) is 0.944. The van der Waals surface area contributed by atoms with Crippen molar-refractivity contribution >= 4 is 27.0 Å². The topological polar surface area (TPSA) is 57.6 Å². The van der Waals surface area contributed by atoms with Crippen LogP contribution in [0.25, 0.3) is 0 Å². The maximum Gasteiger partial charge on any atom is 0.273 e. The van der Waals surface area contributed by atoms with E-state index in [0.29, 0.717) is 16.4 Å². The van der Waals surface area contributed by atoms with Gasteiger partial charge >= 0.3 is 0 Å². The molecule has 0 saturated heterocycles. The lowest BCUT2D eigenvalue weighted by atomic mass is 10.2. The van der Waals surface area contributed by atoms with Crippen LogP contribution in [0.1, 0.15) is 12.5 Å². The number of phenols is 1. The summed E-state index contributed by atoms with van der Waals surface area (Å²) in [6.07, 6.45) is 0. The molecule has 0 spiro atoms. The van der Waals surface area contributed by atoms with E-state index >= 15 is 0 Å². The molecule has 0 aliphatic heterocycles. The molecular weight excluding hydrogens is 282 g/mol. The molecule has 0 amide bonds. The van der Waals surface area contributed by atoms with Gasteiger partial charge in [0.05, 0.1) is 5.69 Å². The Morgan fingerprint density at radius 2 is 2.05 bits per heavy atom. The molecule has 0 bridgehead atoms. The molecule has 2 aromatic rings. The second kappa shape index (κ2) is 5.22. The molecule has 102 valence electrons. The number of aryl methyl sites for hydroxylation is 1. The Hall–Kier alpha value is -1.53. The molecule has 0 saturated carbocycles. The van der Waals surface area contributed by atoms with Crippen molar-refractivity contribution < 1.29 is 13.5 Å². The maximum atomic E-state index is 12.5. The standard InChI is InChI=1S/C13H15NO3S2/c1-3-14(12-9-11(15)7-6-10(12)2)19(16,17)13-5-4-8-18-13/h4-9,15H,3H2,1-2H3. The van der Waals surface area contributed by atoms with E-state index in [9.17, 15) is 13.5 Å². The number of sulfonamides is 1. The van der Waals surface area contributed by atoms with Gasteiger partial charge in [0.15, 0.2) is 0 Å². The fourth-order valence-corrected chi connectivity index (χ4v) is 4.49. The summed E-state index contributed by atoms with van der Waals surface area (Å²) in [6, 6.07) is 8.02. The fraction of sp³-hybridized carbons (Fsp3) is 0.231. The van der Waals surface area contributed by atoms with Crippen LogP contribution in [0.2, 0.25) is 0 Å². The molecule has 0 radical (unpaired) electrons. The van der Waals surface area contributed by atoms with Gasteiger partial charge in [0.2, 0.25) is 0 Å². The van der Waals surface area contributed by atoms with Crippen molar-refractivity contribution in [1.29, 1.82) is 0 Å². The molecule has 4 nitrogen and oxygen atoms in total. The van der Waals surface area contributed by atoms with Crippen molar-refractivity contribution in [2.24, 2.45) is 0 Å². The zero-order valence-corrected chi connectivity index (χ0v) is 12.3. The molecule has 1 aromatic carbocycles. The van der Waals surface area contributed by atoms with Gasteiger partial charge in [-0.05, 0) is 36.9 Å². The van der Waals surface area contributed by atoms with Crippen molar-refractivity contribution in [2.75, 3.05) is 10.8 Å². The van der Waals surface area contributed by atoms with E-state index in [0.717, 1.165) is 5.56 Å². The molecule has 1 heterocycles. The van der Waals surface area contributed by atoms with Gasteiger partial charge < -0.3 is 5.11 Å². The summed E-state index contributed by atoms with van der Waals surface area (Å²) in [4.78, 5) is 0. The van der Waals surface area contributed by atoms with Gasteiger partial charge in [-0.15, -0.1) is 11.3 Å². The molecule has 0 aliphatic rings. The zero-order valence-electron chi connectivity index (χ0n) is 10.7. The van der Waals surface area contributed by atoms with Gasteiger partial charge in [0.1, 0.15) is 9.96 Å². The minimum atomic E-state index is -3.56. The molecular formula is C13H15NO3S2. The zero-order chi connectivity index (χ0) is 14.0. The van der Waals surface area contributed by atoms with Gasteiger partial charge in [0.25, 0.3) is 10.0 Å². The summed E-state index contributed by atoms with van der Waals surface area (Å²) in [7, 11) is -3.56. The van der Waals surface area contributed by atoms with Crippen LogP contribution in [-0.4, -0.2) is 20.1 Å². The number of rotatable bonds is 4. The lowest BCUT2D eigenvalue weighted by molar-refractivity contribution is 0.475. The van der Waals surface area contributed by atoms with Crippen LogP contribution in [0.4, 0.5) is 5.69 Å². The highest BCUT2D eigenvalue weighted by molar-refractivity contribution is 7.94. The molecule has 1 aromatic heterocycles. The highest BCUT2D eigenvalue weighted by Gasteiger charge is 2.25. The van der Waals surface area contributed by atoms with Crippen LogP contribution >= 0.6 is 11.3 Å².